The lowest BCUT2D eigenvalue weighted by atomic mass is 10.0. The van der Waals surface area contributed by atoms with Crippen LogP contribution in [0.25, 0.3) is 0 Å². The molecule has 0 unspecified atom stereocenters. The van der Waals surface area contributed by atoms with Gasteiger partial charge in [-0.2, -0.15) is 0 Å². The van der Waals surface area contributed by atoms with Crippen LogP contribution in [-0.4, -0.2) is 64.4 Å². The highest BCUT2D eigenvalue weighted by atomic mass is 32.1. The minimum absolute atomic E-state index is 0.0518. The maximum atomic E-state index is 12.5. The quantitative estimate of drug-likeness (QED) is 0.851. The molecule has 0 atom stereocenters. The summed E-state index contributed by atoms with van der Waals surface area (Å²) in [6.07, 6.45) is 3.31. The number of likely N-dealkylation sites (tertiary alicyclic amines) is 1. The molecule has 1 aromatic heterocycles. The third-order valence-electron chi connectivity index (χ3n) is 4.88. The van der Waals surface area contributed by atoms with E-state index < -0.39 is 0 Å². The number of rotatable bonds is 3. The number of nitrogens with zero attached hydrogens (tertiary/aromatic N) is 3. The van der Waals surface area contributed by atoms with Gasteiger partial charge in [0.1, 0.15) is 6.54 Å². The standard InChI is InChI=1S/C16H20N4O3S/c21-14-10-19(16(23)20(14)12-3-4-12)11-5-7-18(8-6-11)15(22)17-13-2-1-9-24-13/h1-2,9,11-12H,3-8,10H2,(H,17,22). The van der Waals surface area contributed by atoms with Crippen LogP contribution in [0, 0.1) is 0 Å². The van der Waals surface area contributed by atoms with E-state index in [0.29, 0.717) is 13.1 Å². The highest BCUT2D eigenvalue weighted by Gasteiger charge is 2.47. The van der Waals surface area contributed by atoms with Gasteiger partial charge in [0.2, 0.25) is 0 Å². The Morgan fingerprint density at radius 2 is 1.88 bits per heavy atom. The van der Waals surface area contributed by atoms with E-state index in [1.165, 1.54) is 16.2 Å². The number of amides is 5. The second-order valence-electron chi connectivity index (χ2n) is 6.53. The van der Waals surface area contributed by atoms with Gasteiger partial charge in [0, 0.05) is 25.2 Å². The molecule has 128 valence electrons. The molecule has 7 nitrogen and oxygen atoms in total. The number of piperidine rings is 1. The molecule has 5 amide bonds. The Balaban J connectivity index is 1.32. The summed E-state index contributed by atoms with van der Waals surface area (Å²) in [5.41, 5.74) is 0. The van der Waals surface area contributed by atoms with Gasteiger partial charge < -0.3 is 9.80 Å². The molecule has 8 heteroatoms. The van der Waals surface area contributed by atoms with Gasteiger partial charge >= 0.3 is 12.1 Å². The van der Waals surface area contributed by atoms with Crippen molar-refractivity contribution in [2.45, 2.75) is 37.8 Å². The Labute approximate surface area is 144 Å². The smallest absolute Gasteiger partial charge is 0.324 e. The van der Waals surface area contributed by atoms with Crippen LogP contribution in [0.5, 0.6) is 0 Å². The van der Waals surface area contributed by atoms with Crippen molar-refractivity contribution < 1.29 is 14.4 Å². The van der Waals surface area contributed by atoms with E-state index in [9.17, 15) is 14.4 Å². The lowest BCUT2D eigenvalue weighted by Crippen LogP contribution is -2.49. The van der Waals surface area contributed by atoms with Gasteiger partial charge in [0.15, 0.2) is 0 Å². The number of anilines is 1. The first-order valence-electron chi connectivity index (χ1n) is 8.35. The lowest BCUT2D eigenvalue weighted by molar-refractivity contribution is -0.125. The van der Waals surface area contributed by atoms with Crippen LogP contribution >= 0.6 is 11.3 Å². The molecule has 2 aliphatic heterocycles. The Hall–Kier alpha value is -2.09. The Bertz CT molecular complexity index is 650. The van der Waals surface area contributed by atoms with E-state index in [4.69, 9.17) is 0 Å². The summed E-state index contributed by atoms with van der Waals surface area (Å²) in [5, 5.41) is 5.64. The first-order valence-corrected chi connectivity index (χ1v) is 9.23. The molecule has 0 aromatic carbocycles. The number of carbonyl (C=O) groups excluding carboxylic acids is 3. The normalized spacial score (nSPS) is 22.4. The maximum Gasteiger partial charge on any atom is 0.327 e. The summed E-state index contributed by atoms with van der Waals surface area (Å²) in [7, 11) is 0. The number of thiophene rings is 1. The van der Waals surface area contributed by atoms with Crippen molar-refractivity contribution in [1.82, 2.24) is 14.7 Å². The summed E-state index contributed by atoms with van der Waals surface area (Å²) >= 11 is 1.49. The number of hydrogen-bond acceptors (Lipinski definition) is 4. The molecular weight excluding hydrogens is 328 g/mol. The van der Waals surface area contributed by atoms with Crippen molar-refractivity contribution in [3.05, 3.63) is 17.5 Å². The number of imide groups is 1. The zero-order chi connectivity index (χ0) is 16.7. The Morgan fingerprint density at radius 1 is 1.12 bits per heavy atom. The van der Waals surface area contributed by atoms with Crippen molar-refractivity contribution in [1.29, 1.82) is 0 Å². The van der Waals surface area contributed by atoms with Gasteiger partial charge in [-0.1, -0.05) is 0 Å². The molecule has 2 saturated heterocycles. The van der Waals surface area contributed by atoms with E-state index in [-0.39, 0.29) is 36.6 Å². The highest BCUT2D eigenvalue weighted by Crippen LogP contribution is 2.32. The number of carbonyl (C=O) groups is 3. The Kier molecular flexibility index (Phi) is 3.91. The van der Waals surface area contributed by atoms with Crippen molar-refractivity contribution in [2.75, 3.05) is 25.0 Å². The van der Waals surface area contributed by atoms with Gasteiger partial charge in [-0.15, -0.1) is 11.3 Å². The van der Waals surface area contributed by atoms with Crippen LogP contribution in [0.4, 0.5) is 14.6 Å². The molecule has 1 N–H and O–H groups in total. The van der Waals surface area contributed by atoms with Gasteiger partial charge in [0.05, 0.1) is 5.00 Å². The molecule has 3 fully saturated rings. The summed E-state index contributed by atoms with van der Waals surface area (Å²) in [6.45, 7) is 1.40. The molecule has 4 rings (SSSR count). The van der Waals surface area contributed by atoms with Crippen molar-refractivity contribution in [3.63, 3.8) is 0 Å². The SMILES string of the molecule is O=C(Nc1cccs1)N1CCC(N2CC(=O)N(C3CC3)C2=O)CC1. The molecular formula is C16H20N4O3S. The second-order valence-corrected chi connectivity index (χ2v) is 7.48. The molecule has 1 aliphatic carbocycles. The summed E-state index contributed by atoms with van der Waals surface area (Å²) in [6, 6.07) is 3.72. The number of urea groups is 2. The first kappa shape index (κ1) is 15.4. The summed E-state index contributed by atoms with van der Waals surface area (Å²) in [4.78, 5) is 41.7. The predicted octanol–water partition coefficient (Wildman–Crippen LogP) is 2.17. The fraction of sp³-hybridized carbons (Fsp3) is 0.562. The van der Waals surface area contributed by atoms with Crippen LogP contribution in [0.3, 0.4) is 0 Å². The number of nitrogens with one attached hydrogen (secondary N) is 1. The van der Waals surface area contributed by atoms with Crippen LogP contribution in [0.1, 0.15) is 25.7 Å². The fourth-order valence-electron chi connectivity index (χ4n) is 3.43. The third kappa shape index (κ3) is 2.86. The van der Waals surface area contributed by atoms with Crippen LogP contribution in [-0.2, 0) is 4.79 Å². The number of hydrogen-bond donors (Lipinski definition) is 1. The van der Waals surface area contributed by atoms with Gasteiger partial charge in [-0.05, 0) is 43.2 Å². The topological polar surface area (TPSA) is 73.0 Å². The van der Waals surface area contributed by atoms with Crippen molar-refractivity contribution in [3.8, 4) is 0 Å². The molecule has 0 bridgehead atoms. The minimum atomic E-state index is -0.135. The van der Waals surface area contributed by atoms with E-state index in [1.807, 2.05) is 17.5 Å². The minimum Gasteiger partial charge on any atom is -0.324 e. The zero-order valence-corrected chi connectivity index (χ0v) is 14.1. The first-order chi connectivity index (χ1) is 11.6. The second kappa shape index (κ2) is 6.08. The molecule has 0 spiro atoms. The largest absolute Gasteiger partial charge is 0.327 e. The highest BCUT2D eigenvalue weighted by molar-refractivity contribution is 7.14. The van der Waals surface area contributed by atoms with E-state index >= 15 is 0 Å². The van der Waals surface area contributed by atoms with Gasteiger partial charge in [-0.25, -0.2) is 9.59 Å². The third-order valence-corrected chi connectivity index (χ3v) is 5.67. The summed E-state index contributed by atoms with van der Waals surface area (Å²) in [5.74, 6) is -0.0691. The monoisotopic (exact) mass is 348 g/mol. The predicted molar refractivity (Wildman–Crippen MR) is 89.9 cm³/mol. The lowest BCUT2D eigenvalue weighted by Gasteiger charge is -2.36. The van der Waals surface area contributed by atoms with Crippen LogP contribution < -0.4 is 5.32 Å². The molecule has 3 aliphatic rings. The average Bonchev–Trinajstić information content (AvgIpc) is 3.19. The van der Waals surface area contributed by atoms with Crippen LogP contribution in [0.2, 0.25) is 0 Å². The molecule has 1 aromatic rings. The van der Waals surface area contributed by atoms with E-state index in [2.05, 4.69) is 5.32 Å². The van der Waals surface area contributed by atoms with E-state index in [0.717, 1.165) is 30.7 Å². The van der Waals surface area contributed by atoms with E-state index in [1.54, 1.807) is 9.80 Å². The molecule has 1 saturated carbocycles. The van der Waals surface area contributed by atoms with Crippen molar-refractivity contribution >= 4 is 34.3 Å². The van der Waals surface area contributed by atoms with Gasteiger partial charge in [-0.3, -0.25) is 15.0 Å². The van der Waals surface area contributed by atoms with Gasteiger partial charge in [0.25, 0.3) is 5.91 Å². The zero-order valence-electron chi connectivity index (χ0n) is 13.3. The fourth-order valence-corrected chi connectivity index (χ4v) is 4.03. The van der Waals surface area contributed by atoms with Crippen molar-refractivity contribution in [2.24, 2.45) is 0 Å². The maximum absolute atomic E-state index is 12.5. The Morgan fingerprint density at radius 3 is 2.50 bits per heavy atom. The molecule has 24 heavy (non-hydrogen) atoms. The molecule has 3 heterocycles. The average molecular weight is 348 g/mol. The molecule has 0 radical (unpaired) electrons. The summed E-state index contributed by atoms with van der Waals surface area (Å²) < 4.78 is 0. The van der Waals surface area contributed by atoms with Crippen LogP contribution in [0.15, 0.2) is 17.5 Å².